The first-order chi connectivity index (χ1) is 13.1. The zero-order valence-corrected chi connectivity index (χ0v) is 16.1. The Bertz CT molecular complexity index is 910. The van der Waals surface area contributed by atoms with Crippen LogP contribution in [0.3, 0.4) is 0 Å². The average molecular weight is 391 g/mol. The summed E-state index contributed by atoms with van der Waals surface area (Å²) in [6.07, 6.45) is 4.02. The lowest BCUT2D eigenvalue weighted by Gasteiger charge is -2.36. The highest BCUT2D eigenvalue weighted by atomic mass is 32.2. The van der Waals surface area contributed by atoms with Gasteiger partial charge in [0.15, 0.2) is 5.69 Å². The number of aromatic amines is 1. The third-order valence-corrected chi connectivity index (χ3v) is 7.45. The van der Waals surface area contributed by atoms with Crippen LogP contribution in [0.1, 0.15) is 36.2 Å². The molecule has 0 radical (unpaired) electrons. The van der Waals surface area contributed by atoms with Crippen LogP contribution in [-0.2, 0) is 10.2 Å². The number of H-pyrrole nitrogens is 1. The zero-order chi connectivity index (χ0) is 18.9. The summed E-state index contributed by atoms with van der Waals surface area (Å²) in [4.78, 5) is 14.5. The molecule has 9 heteroatoms. The fraction of sp³-hybridized carbons (Fsp3) is 0.556. The van der Waals surface area contributed by atoms with Gasteiger partial charge >= 0.3 is 0 Å². The van der Waals surface area contributed by atoms with Gasteiger partial charge in [0.05, 0.1) is 5.52 Å². The highest BCUT2D eigenvalue weighted by Gasteiger charge is 2.34. The van der Waals surface area contributed by atoms with Gasteiger partial charge in [-0.25, -0.2) is 0 Å². The molecule has 2 aliphatic rings. The third-order valence-electron chi connectivity index (χ3n) is 5.42. The summed E-state index contributed by atoms with van der Waals surface area (Å²) in [6, 6.07) is 7.51. The van der Waals surface area contributed by atoms with Crippen molar-refractivity contribution in [2.45, 2.75) is 25.7 Å². The van der Waals surface area contributed by atoms with Crippen LogP contribution in [0.25, 0.3) is 10.9 Å². The Hall–Kier alpha value is -1.97. The smallest absolute Gasteiger partial charge is 0.282 e. The van der Waals surface area contributed by atoms with E-state index in [1.54, 1.807) is 9.21 Å². The first-order valence-corrected chi connectivity index (χ1v) is 10.9. The van der Waals surface area contributed by atoms with E-state index >= 15 is 0 Å². The number of carbonyl (C=O) groups excluding carboxylic acids is 1. The van der Waals surface area contributed by atoms with Gasteiger partial charge in [0.2, 0.25) is 0 Å². The van der Waals surface area contributed by atoms with Gasteiger partial charge in [-0.1, -0.05) is 31.0 Å². The molecule has 2 aliphatic heterocycles. The van der Waals surface area contributed by atoms with Crippen molar-refractivity contribution < 1.29 is 13.2 Å². The van der Waals surface area contributed by atoms with Gasteiger partial charge in [0, 0.05) is 44.7 Å². The summed E-state index contributed by atoms with van der Waals surface area (Å²) in [5.41, 5.74) is 1.22. The monoisotopic (exact) mass is 391 g/mol. The van der Waals surface area contributed by atoms with Crippen LogP contribution in [0.15, 0.2) is 24.3 Å². The minimum absolute atomic E-state index is 0.153. The molecule has 2 aromatic rings. The lowest BCUT2D eigenvalue weighted by Crippen LogP contribution is -2.54. The first kappa shape index (κ1) is 18.4. The number of rotatable bonds is 3. The summed E-state index contributed by atoms with van der Waals surface area (Å²) in [6.45, 7) is 2.61. The zero-order valence-electron chi connectivity index (χ0n) is 15.3. The van der Waals surface area contributed by atoms with E-state index in [1.807, 2.05) is 24.3 Å². The van der Waals surface area contributed by atoms with Crippen LogP contribution < -0.4 is 0 Å². The Morgan fingerprint density at radius 3 is 2.22 bits per heavy atom. The molecule has 1 aromatic carbocycles. The van der Waals surface area contributed by atoms with Gasteiger partial charge in [-0.05, 0) is 18.9 Å². The van der Waals surface area contributed by atoms with Crippen LogP contribution in [0.5, 0.6) is 0 Å². The van der Waals surface area contributed by atoms with Crippen molar-refractivity contribution in [3.8, 4) is 0 Å². The molecule has 2 saturated heterocycles. The molecule has 1 aromatic heterocycles. The second-order valence-electron chi connectivity index (χ2n) is 7.13. The molecule has 1 N–H and O–H groups in total. The molecule has 27 heavy (non-hydrogen) atoms. The molecular formula is C18H25N5O3S. The topological polar surface area (TPSA) is 89.6 Å². The van der Waals surface area contributed by atoms with Crippen molar-refractivity contribution in [1.29, 1.82) is 0 Å². The number of nitrogens with one attached hydrogen (secondary N) is 1. The quantitative estimate of drug-likeness (QED) is 0.857. The number of hydrogen-bond acceptors (Lipinski definition) is 4. The lowest BCUT2D eigenvalue weighted by molar-refractivity contribution is 0.0690. The van der Waals surface area contributed by atoms with Crippen LogP contribution in [0.2, 0.25) is 0 Å². The molecule has 0 saturated carbocycles. The van der Waals surface area contributed by atoms with Crippen molar-refractivity contribution >= 4 is 27.0 Å². The number of carbonyl (C=O) groups is 1. The number of benzene rings is 1. The maximum Gasteiger partial charge on any atom is 0.282 e. The molecule has 0 bridgehead atoms. The minimum atomic E-state index is -3.44. The van der Waals surface area contributed by atoms with Crippen molar-refractivity contribution in [3.05, 3.63) is 30.0 Å². The molecule has 146 valence electrons. The van der Waals surface area contributed by atoms with E-state index in [9.17, 15) is 13.2 Å². The summed E-state index contributed by atoms with van der Waals surface area (Å²) in [5, 5.41) is 7.84. The molecule has 0 aliphatic carbocycles. The van der Waals surface area contributed by atoms with E-state index < -0.39 is 10.2 Å². The second-order valence-corrected chi connectivity index (χ2v) is 9.06. The Kier molecular flexibility index (Phi) is 5.16. The van der Waals surface area contributed by atoms with Gasteiger partial charge in [0.25, 0.3) is 16.1 Å². The highest BCUT2D eigenvalue weighted by Crippen LogP contribution is 2.20. The fourth-order valence-corrected chi connectivity index (χ4v) is 5.50. The van der Waals surface area contributed by atoms with Crippen LogP contribution in [-0.4, -0.2) is 77.3 Å². The molecule has 8 nitrogen and oxygen atoms in total. The summed E-state index contributed by atoms with van der Waals surface area (Å²) < 4.78 is 28.9. The van der Waals surface area contributed by atoms with E-state index in [-0.39, 0.29) is 5.91 Å². The molecule has 2 fully saturated rings. The van der Waals surface area contributed by atoms with Crippen molar-refractivity contribution in [2.75, 3.05) is 39.3 Å². The maximum atomic E-state index is 12.9. The van der Waals surface area contributed by atoms with Gasteiger partial charge in [0.1, 0.15) is 0 Å². The molecule has 4 rings (SSSR count). The Labute approximate surface area is 159 Å². The van der Waals surface area contributed by atoms with Crippen molar-refractivity contribution in [1.82, 2.24) is 23.7 Å². The van der Waals surface area contributed by atoms with E-state index in [1.165, 1.54) is 4.31 Å². The Morgan fingerprint density at radius 2 is 1.52 bits per heavy atom. The van der Waals surface area contributed by atoms with Gasteiger partial charge in [-0.2, -0.15) is 22.1 Å². The fourth-order valence-electron chi connectivity index (χ4n) is 3.83. The third kappa shape index (κ3) is 3.59. The van der Waals surface area contributed by atoms with Crippen molar-refractivity contribution in [2.24, 2.45) is 0 Å². The standard InChI is InChI=1S/C18H25N5O3S/c24-18(17-15-7-3-4-8-16(15)19-20-17)21-11-13-23(14-12-21)27(25,26)22-9-5-1-2-6-10-22/h3-4,7-8H,1-2,5-6,9-14H2,(H,19,20). The van der Waals surface area contributed by atoms with Gasteiger partial charge in [-0.3, -0.25) is 9.89 Å². The number of nitrogens with zero attached hydrogens (tertiary/aromatic N) is 4. The molecular weight excluding hydrogens is 366 g/mol. The van der Waals surface area contributed by atoms with E-state index in [2.05, 4.69) is 10.2 Å². The highest BCUT2D eigenvalue weighted by molar-refractivity contribution is 7.86. The van der Waals surface area contributed by atoms with E-state index in [4.69, 9.17) is 0 Å². The molecule has 0 spiro atoms. The number of para-hydroxylation sites is 1. The average Bonchev–Trinajstić information content (AvgIpc) is 2.92. The summed E-state index contributed by atoms with van der Waals surface area (Å²) in [7, 11) is -3.44. The minimum Gasteiger partial charge on any atom is -0.335 e. The predicted molar refractivity (Wildman–Crippen MR) is 103 cm³/mol. The normalized spacial score (nSPS) is 20.7. The van der Waals surface area contributed by atoms with E-state index in [0.29, 0.717) is 45.0 Å². The largest absolute Gasteiger partial charge is 0.335 e. The van der Waals surface area contributed by atoms with Crippen LogP contribution in [0.4, 0.5) is 0 Å². The summed E-state index contributed by atoms with van der Waals surface area (Å²) in [5.74, 6) is -0.153. The van der Waals surface area contributed by atoms with Crippen LogP contribution in [0, 0.1) is 0 Å². The second kappa shape index (κ2) is 7.57. The Balaban J connectivity index is 1.43. The van der Waals surface area contributed by atoms with Gasteiger partial charge in [-0.15, -0.1) is 0 Å². The van der Waals surface area contributed by atoms with Crippen molar-refractivity contribution in [3.63, 3.8) is 0 Å². The number of fused-ring (bicyclic) bond motifs is 1. The summed E-state index contributed by atoms with van der Waals surface area (Å²) >= 11 is 0. The molecule has 0 atom stereocenters. The number of aromatic nitrogens is 2. The first-order valence-electron chi connectivity index (χ1n) is 9.55. The molecule has 3 heterocycles. The molecule has 1 amide bonds. The Morgan fingerprint density at radius 1 is 0.889 bits per heavy atom. The van der Waals surface area contributed by atoms with Crippen LogP contribution >= 0.6 is 0 Å². The maximum absolute atomic E-state index is 12.9. The van der Waals surface area contributed by atoms with Gasteiger partial charge < -0.3 is 4.90 Å². The van der Waals surface area contributed by atoms with E-state index in [0.717, 1.165) is 36.6 Å². The SMILES string of the molecule is O=C(c1n[nH]c2ccccc12)N1CCN(S(=O)(=O)N2CCCCCC2)CC1. The number of amides is 1. The molecule has 0 unspecified atom stereocenters. The predicted octanol–water partition coefficient (Wildman–Crippen LogP) is 1.44. The lowest BCUT2D eigenvalue weighted by atomic mass is 10.2. The number of hydrogen-bond donors (Lipinski definition) is 1. The number of piperazine rings is 1.